The maximum atomic E-state index is 11.5. The lowest BCUT2D eigenvalue weighted by molar-refractivity contribution is 0.0600. The van der Waals surface area contributed by atoms with Crippen LogP contribution in [-0.4, -0.2) is 19.6 Å². The minimum Gasteiger partial charge on any atom is -0.465 e. The number of methoxy groups -OCH3 is 1. The highest BCUT2D eigenvalue weighted by Gasteiger charge is 2.31. The van der Waals surface area contributed by atoms with E-state index in [0.717, 1.165) is 18.4 Å². The monoisotopic (exact) mass is 273 g/mol. The van der Waals surface area contributed by atoms with Crippen LogP contribution in [0.15, 0.2) is 24.3 Å². The molecule has 1 N–H and O–H groups in total. The Balaban J connectivity index is 1.67. The van der Waals surface area contributed by atoms with Crippen LogP contribution >= 0.6 is 0 Å². The van der Waals surface area contributed by atoms with Crippen molar-refractivity contribution < 1.29 is 9.53 Å². The molecule has 1 aromatic rings. The number of esters is 1. The van der Waals surface area contributed by atoms with Crippen molar-refractivity contribution in [3.8, 4) is 0 Å². The third kappa shape index (κ3) is 2.73. The van der Waals surface area contributed by atoms with Crippen molar-refractivity contribution >= 4 is 5.97 Å². The number of ether oxygens (including phenoxy) is 1. The lowest BCUT2D eigenvalue weighted by Crippen LogP contribution is -2.36. The molecule has 20 heavy (non-hydrogen) atoms. The van der Waals surface area contributed by atoms with Gasteiger partial charge >= 0.3 is 5.97 Å². The number of carbonyl (C=O) groups is 1. The van der Waals surface area contributed by atoms with Crippen molar-refractivity contribution in [3.63, 3.8) is 0 Å². The first kappa shape index (κ1) is 13.6. The SMILES string of the molecule is COC(=O)c1ccc([C@@H]2C[C@@H](C3CCC3)CCN2)cc1. The van der Waals surface area contributed by atoms with Gasteiger partial charge in [0.25, 0.3) is 0 Å². The number of rotatable bonds is 3. The Morgan fingerprint density at radius 2 is 1.90 bits per heavy atom. The summed E-state index contributed by atoms with van der Waals surface area (Å²) >= 11 is 0. The number of nitrogens with one attached hydrogen (secondary N) is 1. The molecule has 0 amide bonds. The standard InChI is InChI=1S/C17H23NO2/c1-20-17(19)14-7-5-13(6-8-14)16-11-15(9-10-18-16)12-3-2-4-12/h5-8,12,15-16,18H,2-4,9-11H2,1H3/t15-,16-/m0/s1. The van der Waals surface area contributed by atoms with Crippen molar-refractivity contribution in [2.24, 2.45) is 11.8 Å². The van der Waals surface area contributed by atoms with Crippen LogP contribution in [0.4, 0.5) is 0 Å². The number of carbonyl (C=O) groups excluding carboxylic acids is 1. The van der Waals surface area contributed by atoms with E-state index in [9.17, 15) is 4.79 Å². The quantitative estimate of drug-likeness (QED) is 0.859. The van der Waals surface area contributed by atoms with E-state index in [1.54, 1.807) is 0 Å². The average Bonchev–Trinajstić information content (AvgIpc) is 2.45. The number of benzene rings is 1. The summed E-state index contributed by atoms with van der Waals surface area (Å²) in [6.07, 6.45) is 6.84. The highest BCUT2D eigenvalue weighted by Crippen LogP contribution is 2.41. The van der Waals surface area contributed by atoms with Crippen molar-refractivity contribution in [3.05, 3.63) is 35.4 Å². The first-order chi connectivity index (χ1) is 9.78. The maximum Gasteiger partial charge on any atom is 0.337 e. The van der Waals surface area contributed by atoms with Gasteiger partial charge in [-0.2, -0.15) is 0 Å². The molecule has 0 bridgehead atoms. The van der Waals surface area contributed by atoms with Crippen LogP contribution in [0.2, 0.25) is 0 Å². The van der Waals surface area contributed by atoms with Crippen LogP contribution in [0, 0.1) is 11.8 Å². The van der Waals surface area contributed by atoms with E-state index in [-0.39, 0.29) is 5.97 Å². The van der Waals surface area contributed by atoms with Gasteiger partial charge in [-0.1, -0.05) is 31.4 Å². The van der Waals surface area contributed by atoms with Crippen LogP contribution in [0.5, 0.6) is 0 Å². The van der Waals surface area contributed by atoms with Gasteiger partial charge in [-0.05, 0) is 48.9 Å². The van der Waals surface area contributed by atoms with E-state index in [4.69, 9.17) is 4.74 Å². The molecule has 3 heteroatoms. The summed E-state index contributed by atoms with van der Waals surface area (Å²) < 4.78 is 4.74. The van der Waals surface area contributed by atoms with Crippen molar-refractivity contribution in [2.75, 3.05) is 13.7 Å². The Morgan fingerprint density at radius 3 is 2.50 bits per heavy atom. The largest absolute Gasteiger partial charge is 0.465 e. The molecule has 1 heterocycles. The number of hydrogen-bond donors (Lipinski definition) is 1. The fourth-order valence-corrected chi connectivity index (χ4v) is 3.51. The molecule has 0 radical (unpaired) electrons. The fourth-order valence-electron chi connectivity index (χ4n) is 3.51. The molecule has 3 nitrogen and oxygen atoms in total. The summed E-state index contributed by atoms with van der Waals surface area (Å²) in [5.74, 6) is 1.59. The molecule has 2 fully saturated rings. The lowest BCUT2D eigenvalue weighted by Gasteiger charge is -2.39. The molecular formula is C17H23NO2. The van der Waals surface area contributed by atoms with Crippen LogP contribution in [0.25, 0.3) is 0 Å². The van der Waals surface area contributed by atoms with E-state index >= 15 is 0 Å². The Hall–Kier alpha value is -1.35. The van der Waals surface area contributed by atoms with Gasteiger partial charge in [0, 0.05) is 6.04 Å². The number of hydrogen-bond acceptors (Lipinski definition) is 3. The lowest BCUT2D eigenvalue weighted by atomic mass is 9.70. The molecule has 1 aliphatic heterocycles. The Labute approximate surface area is 120 Å². The van der Waals surface area contributed by atoms with Gasteiger partial charge in [0.2, 0.25) is 0 Å². The first-order valence-corrected chi connectivity index (χ1v) is 7.69. The van der Waals surface area contributed by atoms with Crippen molar-refractivity contribution in [1.82, 2.24) is 5.32 Å². The third-order valence-electron chi connectivity index (χ3n) is 4.99. The molecule has 1 aromatic carbocycles. The molecule has 0 aromatic heterocycles. The van der Waals surface area contributed by atoms with E-state index in [1.807, 2.05) is 12.1 Å². The predicted molar refractivity (Wildman–Crippen MR) is 78.6 cm³/mol. The highest BCUT2D eigenvalue weighted by atomic mass is 16.5. The molecule has 108 valence electrons. The zero-order valence-corrected chi connectivity index (χ0v) is 12.1. The third-order valence-corrected chi connectivity index (χ3v) is 4.99. The average molecular weight is 273 g/mol. The second kappa shape index (κ2) is 5.96. The normalized spacial score (nSPS) is 26.9. The van der Waals surface area contributed by atoms with Gasteiger partial charge in [0.1, 0.15) is 0 Å². The molecule has 1 saturated heterocycles. The molecule has 3 rings (SSSR count). The van der Waals surface area contributed by atoms with E-state index < -0.39 is 0 Å². The summed E-state index contributed by atoms with van der Waals surface area (Å²) in [6, 6.07) is 8.31. The molecule has 2 atom stereocenters. The van der Waals surface area contributed by atoms with E-state index in [2.05, 4.69) is 17.4 Å². The Morgan fingerprint density at radius 1 is 1.15 bits per heavy atom. The topological polar surface area (TPSA) is 38.3 Å². The van der Waals surface area contributed by atoms with Gasteiger partial charge in [-0.25, -0.2) is 4.79 Å². The molecule has 0 unspecified atom stereocenters. The molecule has 1 saturated carbocycles. The van der Waals surface area contributed by atoms with Crippen molar-refractivity contribution in [1.29, 1.82) is 0 Å². The Bertz CT molecular complexity index is 464. The zero-order chi connectivity index (χ0) is 13.9. The number of piperidine rings is 1. The summed E-state index contributed by atoms with van der Waals surface area (Å²) in [5, 5.41) is 3.61. The van der Waals surface area contributed by atoms with Crippen LogP contribution in [-0.2, 0) is 4.74 Å². The first-order valence-electron chi connectivity index (χ1n) is 7.69. The molecular weight excluding hydrogens is 250 g/mol. The van der Waals surface area contributed by atoms with Gasteiger partial charge in [-0.3, -0.25) is 0 Å². The van der Waals surface area contributed by atoms with E-state index in [1.165, 1.54) is 44.8 Å². The van der Waals surface area contributed by atoms with Crippen LogP contribution < -0.4 is 5.32 Å². The van der Waals surface area contributed by atoms with Gasteiger partial charge in [0.15, 0.2) is 0 Å². The van der Waals surface area contributed by atoms with E-state index in [0.29, 0.717) is 11.6 Å². The molecule has 2 aliphatic rings. The van der Waals surface area contributed by atoms with Crippen molar-refractivity contribution in [2.45, 2.75) is 38.1 Å². The summed E-state index contributed by atoms with van der Waals surface area (Å²) in [6.45, 7) is 1.12. The fraction of sp³-hybridized carbons (Fsp3) is 0.588. The van der Waals surface area contributed by atoms with Gasteiger partial charge in [0.05, 0.1) is 12.7 Å². The van der Waals surface area contributed by atoms with Gasteiger partial charge < -0.3 is 10.1 Å². The summed E-state index contributed by atoms with van der Waals surface area (Å²) in [7, 11) is 1.42. The summed E-state index contributed by atoms with van der Waals surface area (Å²) in [4.78, 5) is 11.5. The molecule has 1 aliphatic carbocycles. The second-order valence-corrected chi connectivity index (χ2v) is 6.10. The van der Waals surface area contributed by atoms with Crippen LogP contribution in [0.3, 0.4) is 0 Å². The van der Waals surface area contributed by atoms with Gasteiger partial charge in [-0.15, -0.1) is 0 Å². The zero-order valence-electron chi connectivity index (χ0n) is 12.1. The minimum absolute atomic E-state index is 0.263. The van der Waals surface area contributed by atoms with Crippen LogP contribution in [0.1, 0.15) is 54.1 Å². The maximum absolute atomic E-state index is 11.5. The second-order valence-electron chi connectivity index (χ2n) is 6.10. The predicted octanol–water partition coefficient (Wildman–Crippen LogP) is 3.31. The smallest absolute Gasteiger partial charge is 0.337 e. The Kier molecular flexibility index (Phi) is 4.06. The highest BCUT2D eigenvalue weighted by molar-refractivity contribution is 5.89. The minimum atomic E-state index is -0.263. The molecule has 0 spiro atoms. The summed E-state index contributed by atoms with van der Waals surface area (Å²) in [5.41, 5.74) is 1.92.